The Balaban J connectivity index is 0.000000720. The first kappa shape index (κ1) is 10.3. The smallest absolute Gasteiger partial charge is 0.0773 e. The molecule has 2 saturated carbocycles. The van der Waals surface area contributed by atoms with E-state index in [2.05, 4.69) is 13.8 Å². The zero-order chi connectivity index (χ0) is 8.28. The topological polar surface area (TPSA) is 46.2 Å². The molecule has 0 heterocycles. The minimum atomic E-state index is -0.284. The zero-order valence-electron chi connectivity index (χ0n) is 7.71. The van der Waals surface area contributed by atoms with E-state index in [-0.39, 0.29) is 29.5 Å². The van der Waals surface area contributed by atoms with Gasteiger partial charge in [-0.3, -0.25) is 0 Å². The van der Waals surface area contributed by atoms with Gasteiger partial charge in [-0.25, -0.2) is 0 Å². The van der Waals surface area contributed by atoms with Gasteiger partial charge in [-0.2, -0.15) is 0 Å². The van der Waals surface area contributed by atoms with Crippen LogP contribution in [0.15, 0.2) is 0 Å². The Labute approximate surface area is 79.9 Å². The summed E-state index contributed by atoms with van der Waals surface area (Å²) >= 11 is 0. The molecule has 3 heteroatoms. The molecule has 0 aromatic carbocycles. The average molecular weight is 192 g/mol. The van der Waals surface area contributed by atoms with Gasteiger partial charge in [0.15, 0.2) is 0 Å². The molecule has 2 rings (SSSR count). The normalized spacial score (nSPS) is 49.0. The predicted octanol–water partition coefficient (Wildman–Crippen LogP) is 1.31. The van der Waals surface area contributed by atoms with Crippen molar-refractivity contribution in [2.45, 2.75) is 44.8 Å². The van der Waals surface area contributed by atoms with Crippen LogP contribution in [0.1, 0.15) is 33.1 Å². The summed E-state index contributed by atoms with van der Waals surface area (Å²) in [6, 6.07) is 0. The van der Waals surface area contributed by atoms with E-state index in [0.29, 0.717) is 5.92 Å². The van der Waals surface area contributed by atoms with Crippen molar-refractivity contribution < 1.29 is 5.11 Å². The number of halogens is 1. The molecule has 2 aliphatic rings. The van der Waals surface area contributed by atoms with Crippen molar-refractivity contribution in [2.75, 3.05) is 0 Å². The van der Waals surface area contributed by atoms with Crippen LogP contribution in [0.5, 0.6) is 0 Å². The van der Waals surface area contributed by atoms with Gasteiger partial charge < -0.3 is 10.8 Å². The molecule has 0 amide bonds. The molecule has 3 unspecified atom stereocenters. The van der Waals surface area contributed by atoms with Crippen molar-refractivity contribution >= 4 is 12.4 Å². The minimum Gasteiger partial charge on any atom is -0.391 e. The first-order valence-electron chi connectivity index (χ1n) is 4.44. The maximum atomic E-state index is 9.88. The molecule has 2 aliphatic carbocycles. The van der Waals surface area contributed by atoms with E-state index in [1.54, 1.807) is 0 Å². The van der Waals surface area contributed by atoms with E-state index < -0.39 is 0 Å². The highest BCUT2D eigenvalue weighted by molar-refractivity contribution is 5.85. The van der Waals surface area contributed by atoms with Gasteiger partial charge in [0, 0.05) is 5.54 Å². The van der Waals surface area contributed by atoms with Crippen molar-refractivity contribution in [1.29, 1.82) is 0 Å². The predicted molar refractivity (Wildman–Crippen MR) is 51.3 cm³/mol. The second-order valence-corrected chi connectivity index (χ2v) is 4.90. The number of fused-ring (bicyclic) bond motifs is 2. The Morgan fingerprint density at radius 2 is 2.00 bits per heavy atom. The summed E-state index contributed by atoms with van der Waals surface area (Å²) in [4.78, 5) is 0. The van der Waals surface area contributed by atoms with Crippen LogP contribution < -0.4 is 5.73 Å². The number of hydrogen-bond donors (Lipinski definition) is 2. The van der Waals surface area contributed by atoms with E-state index in [9.17, 15) is 5.11 Å². The van der Waals surface area contributed by atoms with Crippen molar-refractivity contribution in [3.8, 4) is 0 Å². The van der Waals surface area contributed by atoms with Crippen LogP contribution in [0, 0.1) is 11.3 Å². The summed E-state index contributed by atoms with van der Waals surface area (Å²) < 4.78 is 0. The molecule has 72 valence electrons. The second kappa shape index (κ2) is 2.60. The third-order valence-electron chi connectivity index (χ3n) is 3.89. The first-order chi connectivity index (χ1) is 4.97. The van der Waals surface area contributed by atoms with Crippen molar-refractivity contribution in [1.82, 2.24) is 0 Å². The lowest BCUT2D eigenvalue weighted by molar-refractivity contribution is -0.00710. The molecule has 12 heavy (non-hydrogen) atoms. The number of rotatable bonds is 0. The Kier molecular flexibility index (Phi) is 2.23. The Bertz CT molecular complexity index is 190. The number of nitrogens with two attached hydrogens (primary N) is 1. The quantitative estimate of drug-likeness (QED) is 0.607. The largest absolute Gasteiger partial charge is 0.391 e. The van der Waals surface area contributed by atoms with Gasteiger partial charge in [0.25, 0.3) is 0 Å². The van der Waals surface area contributed by atoms with Gasteiger partial charge in [-0.1, -0.05) is 13.8 Å². The van der Waals surface area contributed by atoms with Crippen LogP contribution >= 0.6 is 12.4 Å². The Morgan fingerprint density at radius 1 is 1.42 bits per heavy atom. The lowest BCUT2D eigenvalue weighted by Crippen LogP contribution is -2.51. The maximum Gasteiger partial charge on any atom is 0.0773 e. The first-order valence-corrected chi connectivity index (χ1v) is 4.44. The molecule has 2 bridgehead atoms. The van der Waals surface area contributed by atoms with Gasteiger partial charge in [-0.05, 0) is 30.6 Å². The summed E-state index contributed by atoms with van der Waals surface area (Å²) in [7, 11) is 0. The highest BCUT2D eigenvalue weighted by Crippen LogP contribution is 2.56. The molecule has 0 radical (unpaired) electrons. The van der Waals surface area contributed by atoms with E-state index in [0.717, 1.165) is 12.8 Å². The second-order valence-electron chi connectivity index (χ2n) is 4.90. The molecule has 3 N–H and O–H groups in total. The lowest BCUT2D eigenvalue weighted by atomic mass is 9.73. The molecular formula is C9H18ClNO. The molecule has 0 aromatic rings. The molecule has 0 aromatic heterocycles. The highest BCUT2D eigenvalue weighted by Gasteiger charge is 2.59. The van der Waals surface area contributed by atoms with Crippen LogP contribution in [0.2, 0.25) is 0 Å². The number of aliphatic hydroxyl groups excluding tert-OH is 1. The summed E-state index contributed by atoms with van der Waals surface area (Å²) in [5.74, 6) is 0.655. The fourth-order valence-corrected chi connectivity index (χ4v) is 2.95. The molecule has 2 fully saturated rings. The summed E-state index contributed by atoms with van der Waals surface area (Å²) in [5.41, 5.74) is 5.89. The third kappa shape index (κ3) is 1.02. The van der Waals surface area contributed by atoms with E-state index in [4.69, 9.17) is 5.73 Å². The van der Waals surface area contributed by atoms with E-state index in [1.165, 1.54) is 6.42 Å². The summed E-state index contributed by atoms with van der Waals surface area (Å²) in [5, 5.41) is 9.88. The fourth-order valence-electron chi connectivity index (χ4n) is 2.95. The molecule has 0 spiro atoms. The summed E-state index contributed by atoms with van der Waals surface area (Å²) in [6.07, 6.45) is 2.97. The van der Waals surface area contributed by atoms with Crippen LogP contribution in [-0.4, -0.2) is 16.7 Å². The molecule has 0 saturated heterocycles. The Morgan fingerprint density at radius 3 is 2.25 bits per heavy atom. The molecule has 3 atom stereocenters. The summed E-state index contributed by atoms with van der Waals surface area (Å²) in [6.45, 7) is 4.27. The van der Waals surface area contributed by atoms with Crippen LogP contribution in [0.3, 0.4) is 0 Å². The number of aliphatic hydroxyl groups is 1. The lowest BCUT2D eigenvalue weighted by Gasteiger charge is -2.38. The van der Waals surface area contributed by atoms with E-state index in [1.807, 2.05) is 0 Å². The minimum absolute atomic E-state index is 0. The third-order valence-corrected chi connectivity index (χ3v) is 3.89. The van der Waals surface area contributed by atoms with Gasteiger partial charge in [0.05, 0.1) is 6.10 Å². The van der Waals surface area contributed by atoms with Crippen molar-refractivity contribution in [3.05, 3.63) is 0 Å². The van der Waals surface area contributed by atoms with Crippen LogP contribution in [0.25, 0.3) is 0 Å². The van der Waals surface area contributed by atoms with E-state index >= 15 is 0 Å². The van der Waals surface area contributed by atoms with Gasteiger partial charge >= 0.3 is 0 Å². The monoisotopic (exact) mass is 191 g/mol. The standard InChI is InChI=1S/C9H17NO.ClH/c1-8(2)6-3-4-9(10,5-6)7(8)11;/h6-7,11H,3-5,10H2,1-2H3;1H. The zero-order valence-corrected chi connectivity index (χ0v) is 8.53. The van der Waals surface area contributed by atoms with Gasteiger partial charge in [0.2, 0.25) is 0 Å². The van der Waals surface area contributed by atoms with Crippen molar-refractivity contribution in [2.24, 2.45) is 17.1 Å². The molecule has 0 aliphatic heterocycles. The van der Waals surface area contributed by atoms with Gasteiger partial charge in [-0.15, -0.1) is 12.4 Å². The highest BCUT2D eigenvalue weighted by atomic mass is 35.5. The molecule has 2 nitrogen and oxygen atoms in total. The Hall–Kier alpha value is 0.210. The fraction of sp³-hybridized carbons (Fsp3) is 1.00. The SMILES string of the molecule is CC1(C)C2CCC(N)(C2)C1O.Cl. The molecular weight excluding hydrogens is 174 g/mol. The van der Waals surface area contributed by atoms with Crippen LogP contribution in [0.4, 0.5) is 0 Å². The maximum absolute atomic E-state index is 9.88. The van der Waals surface area contributed by atoms with Crippen molar-refractivity contribution in [3.63, 3.8) is 0 Å². The van der Waals surface area contributed by atoms with Crippen LogP contribution in [-0.2, 0) is 0 Å². The average Bonchev–Trinajstić information content (AvgIpc) is 2.36. The number of hydrogen-bond acceptors (Lipinski definition) is 2. The van der Waals surface area contributed by atoms with Gasteiger partial charge in [0.1, 0.15) is 0 Å².